The third kappa shape index (κ3) is 11.2. The molecule has 1 fully saturated rings. The van der Waals surface area contributed by atoms with Crippen molar-refractivity contribution in [3.63, 3.8) is 0 Å². The summed E-state index contributed by atoms with van der Waals surface area (Å²) in [4.78, 5) is 25.8. The van der Waals surface area contributed by atoms with Gasteiger partial charge in [-0.1, -0.05) is 131 Å². The molecule has 0 unspecified atom stereocenters. The summed E-state index contributed by atoms with van der Waals surface area (Å²) in [7, 11) is 0. The van der Waals surface area contributed by atoms with Crippen LogP contribution in [0.1, 0.15) is 116 Å². The van der Waals surface area contributed by atoms with Gasteiger partial charge in [-0.3, -0.25) is 0 Å². The molecule has 53 heavy (non-hydrogen) atoms. The average Bonchev–Trinajstić information content (AvgIpc) is 3.18. The Bertz CT molecular complexity index is 1940. The number of nitrogens with zero attached hydrogens (tertiary/aromatic N) is 2. The van der Waals surface area contributed by atoms with E-state index in [0.717, 1.165) is 29.4 Å². The van der Waals surface area contributed by atoms with Gasteiger partial charge < -0.3 is 9.47 Å². The van der Waals surface area contributed by atoms with Crippen LogP contribution in [0.3, 0.4) is 0 Å². The van der Waals surface area contributed by atoms with Crippen LogP contribution in [0.2, 0.25) is 5.02 Å². The van der Waals surface area contributed by atoms with E-state index >= 15 is 0 Å². The van der Waals surface area contributed by atoms with Gasteiger partial charge in [-0.2, -0.15) is 10.5 Å². The molecule has 0 bridgehead atoms. The molecular weight excluding hydrogens is 680 g/mol. The number of carbonyl (C=O) groups is 2. The first kappa shape index (κ1) is 39.0. The van der Waals surface area contributed by atoms with Crippen molar-refractivity contribution in [1.82, 2.24) is 0 Å². The quantitative estimate of drug-likeness (QED) is 0.0523. The number of aryl methyl sites for hydroxylation is 1. The third-order valence-electron chi connectivity index (χ3n) is 10.4. The van der Waals surface area contributed by atoms with Crippen LogP contribution in [0.25, 0.3) is 16.7 Å². The molecule has 1 saturated carbocycles. The molecule has 0 saturated heterocycles. The fourth-order valence-electron chi connectivity index (χ4n) is 7.04. The lowest BCUT2D eigenvalue weighted by Gasteiger charge is -2.28. The number of hydrogen-bond acceptors (Lipinski definition) is 6. The topological polar surface area (TPSA) is 100 Å². The zero-order chi connectivity index (χ0) is 37.6. The van der Waals surface area contributed by atoms with Gasteiger partial charge in [-0.25, -0.2) is 9.59 Å². The van der Waals surface area contributed by atoms with Crippen molar-refractivity contribution in [1.29, 1.82) is 10.5 Å². The number of esters is 2. The second-order valence-electron chi connectivity index (χ2n) is 14.1. The standard InChI is InChI=1S/C46H47ClN2O4/c1-3-4-5-6-7-8-33-9-11-34(12-10-33)13-14-35-15-17-37(18-16-35)38-19-21-39(22-20-38)45(50)53-42-27-28-43(44(47)29-42)46(51)52-41-25-23-36(24-26-41)32(2)40(30-48)31-49/h15-29,33-34H,3-14H2,1-2H3/t33-,34-. The molecule has 1 aliphatic carbocycles. The van der Waals surface area contributed by atoms with Gasteiger partial charge in [0.25, 0.3) is 0 Å². The summed E-state index contributed by atoms with van der Waals surface area (Å²) in [6.45, 7) is 3.95. The number of carbonyl (C=O) groups excluding carboxylic acids is 2. The molecule has 0 aromatic heterocycles. The lowest BCUT2D eigenvalue weighted by molar-refractivity contribution is 0.0730. The van der Waals surface area contributed by atoms with Crippen molar-refractivity contribution in [3.05, 3.63) is 124 Å². The fraction of sp³-hybridized carbons (Fsp3) is 0.348. The smallest absolute Gasteiger partial charge is 0.345 e. The summed E-state index contributed by atoms with van der Waals surface area (Å²) in [5, 5.41) is 18.3. The van der Waals surface area contributed by atoms with E-state index in [9.17, 15) is 9.59 Å². The van der Waals surface area contributed by atoms with Crippen molar-refractivity contribution in [2.45, 2.75) is 90.9 Å². The molecule has 0 heterocycles. The van der Waals surface area contributed by atoms with Crippen LogP contribution in [-0.4, -0.2) is 11.9 Å². The Morgan fingerprint density at radius 3 is 1.83 bits per heavy atom. The van der Waals surface area contributed by atoms with Crippen LogP contribution in [0.4, 0.5) is 0 Å². The molecule has 4 aromatic rings. The van der Waals surface area contributed by atoms with Gasteiger partial charge >= 0.3 is 11.9 Å². The molecule has 0 radical (unpaired) electrons. The van der Waals surface area contributed by atoms with Crippen LogP contribution in [0.15, 0.2) is 96.6 Å². The lowest BCUT2D eigenvalue weighted by Crippen LogP contribution is -2.15. The van der Waals surface area contributed by atoms with Gasteiger partial charge in [0.05, 0.1) is 16.1 Å². The van der Waals surface area contributed by atoms with E-state index in [2.05, 4.69) is 31.2 Å². The van der Waals surface area contributed by atoms with Crippen LogP contribution >= 0.6 is 11.6 Å². The SMILES string of the molecule is CCCCCCC[C@H]1CC[C@H](CCc2ccc(-c3ccc(C(=O)Oc4ccc(C(=O)Oc5ccc(C(C)=C(C#N)C#N)cc5)c(Cl)c4)cc3)cc2)CC1. The summed E-state index contributed by atoms with van der Waals surface area (Å²) in [6, 6.07) is 30.6. The minimum atomic E-state index is -0.688. The Morgan fingerprint density at radius 2 is 1.23 bits per heavy atom. The Morgan fingerprint density at radius 1 is 0.679 bits per heavy atom. The maximum absolute atomic E-state index is 12.9. The highest BCUT2D eigenvalue weighted by atomic mass is 35.5. The molecular formula is C46H47ClN2O4. The zero-order valence-corrected chi connectivity index (χ0v) is 31.5. The molecule has 4 aromatic carbocycles. The van der Waals surface area contributed by atoms with E-state index in [4.69, 9.17) is 31.6 Å². The van der Waals surface area contributed by atoms with Gasteiger partial charge in [0.1, 0.15) is 29.2 Å². The van der Waals surface area contributed by atoms with Crippen LogP contribution in [0, 0.1) is 34.5 Å². The van der Waals surface area contributed by atoms with Crippen molar-refractivity contribution in [2.75, 3.05) is 0 Å². The molecule has 0 amide bonds. The summed E-state index contributed by atoms with van der Waals surface area (Å²) in [5.74, 6) is 1.03. The van der Waals surface area contributed by atoms with Crippen molar-refractivity contribution in [2.24, 2.45) is 11.8 Å². The van der Waals surface area contributed by atoms with Gasteiger partial charge in [0.15, 0.2) is 0 Å². The molecule has 5 rings (SSSR count). The normalized spacial score (nSPS) is 15.1. The van der Waals surface area contributed by atoms with Crippen molar-refractivity contribution < 1.29 is 19.1 Å². The maximum atomic E-state index is 12.9. The van der Waals surface area contributed by atoms with Crippen LogP contribution in [-0.2, 0) is 6.42 Å². The Balaban J connectivity index is 1.08. The van der Waals surface area contributed by atoms with Gasteiger partial charge in [0.2, 0.25) is 0 Å². The summed E-state index contributed by atoms with van der Waals surface area (Å²) >= 11 is 6.39. The van der Waals surface area contributed by atoms with Crippen LogP contribution in [0.5, 0.6) is 11.5 Å². The third-order valence-corrected chi connectivity index (χ3v) is 10.7. The molecule has 0 atom stereocenters. The highest BCUT2D eigenvalue weighted by molar-refractivity contribution is 6.33. The Kier molecular flexibility index (Phi) is 14.4. The first-order valence-electron chi connectivity index (χ1n) is 18.8. The Labute approximate surface area is 319 Å². The highest BCUT2D eigenvalue weighted by Gasteiger charge is 2.21. The van der Waals surface area contributed by atoms with Gasteiger partial charge in [-0.15, -0.1) is 0 Å². The lowest BCUT2D eigenvalue weighted by atomic mass is 9.77. The summed E-state index contributed by atoms with van der Waals surface area (Å²) < 4.78 is 11.0. The van der Waals surface area contributed by atoms with E-state index in [-0.39, 0.29) is 27.7 Å². The van der Waals surface area contributed by atoms with E-state index in [1.807, 2.05) is 24.3 Å². The first-order valence-corrected chi connectivity index (χ1v) is 19.2. The van der Waals surface area contributed by atoms with Crippen molar-refractivity contribution >= 4 is 29.1 Å². The first-order chi connectivity index (χ1) is 25.8. The minimum Gasteiger partial charge on any atom is -0.423 e. The fourth-order valence-corrected chi connectivity index (χ4v) is 7.29. The number of hydrogen-bond donors (Lipinski definition) is 0. The average molecular weight is 727 g/mol. The monoisotopic (exact) mass is 726 g/mol. The minimum absolute atomic E-state index is 0.00998. The van der Waals surface area contributed by atoms with Gasteiger partial charge in [0, 0.05) is 6.07 Å². The number of unbranched alkanes of at least 4 members (excludes halogenated alkanes) is 4. The number of benzene rings is 4. The molecule has 0 aliphatic heterocycles. The molecule has 272 valence electrons. The predicted octanol–water partition coefficient (Wildman–Crippen LogP) is 12.4. The van der Waals surface area contributed by atoms with Crippen molar-refractivity contribution in [3.8, 4) is 34.8 Å². The van der Waals surface area contributed by atoms with E-state index in [1.165, 1.54) is 94.4 Å². The predicted molar refractivity (Wildman–Crippen MR) is 211 cm³/mol. The van der Waals surface area contributed by atoms with E-state index < -0.39 is 11.9 Å². The number of ether oxygens (including phenoxy) is 2. The second-order valence-corrected chi connectivity index (χ2v) is 14.5. The molecule has 1 aliphatic rings. The van der Waals surface area contributed by atoms with E-state index in [0.29, 0.717) is 16.7 Å². The number of halogens is 1. The summed E-state index contributed by atoms with van der Waals surface area (Å²) in [5.41, 5.74) is 5.17. The molecule has 7 heteroatoms. The Hall–Kier alpha value is -5.17. The van der Waals surface area contributed by atoms with Gasteiger partial charge in [-0.05, 0) is 95.8 Å². The highest BCUT2D eigenvalue weighted by Crippen LogP contribution is 2.35. The zero-order valence-electron chi connectivity index (χ0n) is 30.7. The molecule has 0 N–H and O–H groups in total. The second kappa shape index (κ2) is 19.6. The molecule has 0 spiro atoms. The maximum Gasteiger partial charge on any atom is 0.345 e. The van der Waals surface area contributed by atoms with Crippen LogP contribution < -0.4 is 9.47 Å². The van der Waals surface area contributed by atoms with E-state index in [1.54, 1.807) is 43.3 Å². The number of rotatable bonds is 15. The largest absolute Gasteiger partial charge is 0.423 e. The number of allylic oxidation sites excluding steroid dienone is 2. The molecule has 6 nitrogen and oxygen atoms in total. The summed E-state index contributed by atoms with van der Waals surface area (Å²) in [6.07, 6.45) is 16.3. The number of nitriles is 2.